The summed E-state index contributed by atoms with van der Waals surface area (Å²) in [5.74, 6) is 0.841. The van der Waals surface area contributed by atoms with E-state index in [9.17, 15) is 4.79 Å². The van der Waals surface area contributed by atoms with E-state index >= 15 is 0 Å². The lowest BCUT2D eigenvalue weighted by molar-refractivity contribution is -0.0664. The van der Waals surface area contributed by atoms with Crippen molar-refractivity contribution in [1.82, 2.24) is 9.80 Å². The Kier molecular flexibility index (Phi) is 4.92. The predicted molar refractivity (Wildman–Crippen MR) is 81.0 cm³/mol. The number of piperazine rings is 1. The number of benzene rings is 1. The van der Waals surface area contributed by atoms with Crippen LogP contribution in [0.1, 0.15) is 10.4 Å². The van der Waals surface area contributed by atoms with Gasteiger partial charge >= 0.3 is 0 Å². The molecule has 2 saturated heterocycles. The summed E-state index contributed by atoms with van der Waals surface area (Å²) >= 11 is 0. The fourth-order valence-electron chi connectivity index (χ4n) is 2.77. The van der Waals surface area contributed by atoms with Crippen molar-refractivity contribution in [3.05, 3.63) is 29.8 Å². The lowest BCUT2D eigenvalue weighted by Gasteiger charge is -2.35. The lowest BCUT2D eigenvalue weighted by atomic mass is 10.1. The maximum atomic E-state index is 12.5. The Labute approximate surface area is 130 Å². The van der Waals surface area contributed by atoms with Gasteiger partial charge in [-0.1, -0.05) is 0 Å². The largest absolute Gasteiger partial charge is 0.497 e. The van der Waals surface area contributed by atoms with Gasteiger partial charge in [0.1, 0.15) is 5.75 Å². The third-order valence-electron chi connectivity index (χ3n) is 4.09. The van der Waals surface area contributed by atoms with E-state index < -0.39 is 0 Å². The van der Waals surface area contributed by atoms with E-state index in [0.29, 0.717) is 18.8 Å². The number of amides is 1. The van der Waals surface area contributed by atoms with E-state index in [1.54, 1.807) is 7.11 Å². The van der Waals surface area contributed by atoms with E-state index in [2.05, 4.69) is 4.90 Å². The summed E-state index contributed by atoms with van der Waals surface area (Å²) in [4.78, 5) is 16.7. The Morgan fingerprint density at radius 1 is 1.14 bits per heavy atom. The molecule has 1 amide bonds. The summed E-state index contributed by atoms with van der Waals surface area (Å²) < 4.78 is 16.0. The molecular weight excluding hydrogens is 284 g/mol. The Morgan fingerprint density at radius 3 is 2.36 bits per heavy atom. The molecule has 0 atom stereocenters. The number of methoxy groups -OCH3 is 1. The van der Waals surface area contributed by atoms with E-state index in [0.717, 1.165) is 38.5 Å². The molecule has 0 spiro atoms. The normalized spacial score (nSPS) is 20.3. The molecule has 2 heterocycles. The van der Waals surface area contributed by atoms with E-state index in [4.69, 9.17) is 14.2 Å². The molecule has 0 unspecified atom stereocenters. The summed E-state index contributed by atoms with van der Waals surface area (Å²) in [7, 11) is 1.62. The zero-order chi connectivity index (χ0) is 15.4. The molecule has 3 rings (SSSR count). The molecule has 22 heavy (non-hydrogen) atoms. The number of rotatable bonds is 4. The zero-order valence-corrected chi connectivity index (χ0v) is 12.9. The van der Waals surface area contributed by atoms with Crippen molar-refractivity contribution in [1.29, 1.82) is 0 Å². The Bertz CT molecular complexity index is 491. The van der Waals surface area contributed by atoms with Gasteiger partial charge < -0.3 is 19.1 Å². The summed E-state index contributed by atoms with van der Waals surface area (Å²) in [6.45, 7) is 5.32. The minimum atomic E-state index is -0.108. The van der Waals surface area contributed by atoms with Crippen LogP contribution in [0.2, 0.25) is 0 Å². The molecular formula is C16H22N2O4. The van der Waals surface area contributed by atoms with Crippen LogP contribution in [0.3, 0.4) is 0 Å². The molecule has 0 aromatic heterocycles. The minimum absolute atomic E-state index is 0.0793. The molecule has 2 fully saturated rings. The Morgan fingerprint density at radius 2 is 1.77 bits per heavy atom. The average Bonchev–Trinajstić information content (AvgIpc) is 3.08. The van der Waals surface area contributed by atoms with E-state index in [-0.39, 0.29) is 12.2 Å². The van der Waals surface area contributed by atoms with E-state index in [1.807, 2.05) is 29.2 Å². The van der Waals surface area contributed by atoms with Crippen molar-refractivity contribution in [3.8, 4) is 5.75 Å². The van der Waals surface area contributed by atoms with Crippen LogP contribution in [0.15, 0.2) is 24.3 Å². The quantitative estimate of drug-likeness (QED) is 0.824. The number of nitrogens with zero attached hydrogens (tertiary/aromatic N) is 2. The second-order valence-corrected chi connectivity index (χ2v) is 5.49. The van der Waals surface area contributed by atoms with Gasteiger partial charge in [-0.2, -0.15) is 0 Å². The molecule has 0 aliphatic carbocycles. The number of carbonyl (C=O) groups excluding carboxylic acids is 1. The van der Waals surface area contributed by atoms with Crippen molar-refractivity contribution in [2.75, 3.05) is 53.0 Å². The second-order valence-electron chi connectivity index (χ2n) is 5.49. The van der Waals surface area contributed by atoms with Gasteiger partial charge in [0.2, 0.25) is 0 Å². The fraction of sp³-hybridized carbons (Fsp3) is 0.562. The van der Waals surface area contributed by atoms with Crippen LogP contribution < -0.4 is 4.74 Å². The van der Waals surface area contributed by atoms with Crippen molar-refractivity contribution >= 4 is 5.91 Å². The van der Waals surface area contributed by atoms with Crippen LogP contribution in [0.25, 0.3) is 0 Å². The first kappa shape index (κ1) is 15.3. The Hall–Kier alpha value is -1.63. The van der Waals surface area contributed by atoms with Crippen molar-refractivity contribution in [2.24, 2.45) is 0 Å². The topological polar surface area (TPSA) is 51.2 Å². The predicted octanol–water partition coefficient (Wildman–Crippen LogP) is 0.826. The number of hydrogen-bond acceptors (Lipinski definition) is 5. The van der Waals surface area contributed by atoms with Gasteiger partial charge in [-0.15, -0.1) is 0 Å². The van der Waals surface area contributed by atoms with Crippen LogP contribution in [0.4, 0.5) is 0 Å². The first-order chi connectivity index (χ1) is 10.8. The van der Waals surface area contributed by atoms with Gasteiger partial charge in [-0.05, 0) is 24.3 Å². The molecule has 0 saturated carbocycles. The van der Waals surface area contributed by atoms with Crippen LogP contribution >= 0.6 is 0 Å². The summed E-state index contributed by atoms with van der Waals surface area (Å²) in [6, 6.07) is 7.26. The smallest absolute Gasteiger partial charge is 0.253 e. The van der Waals surface area contributed by atoms with Gasteiger partial charge in [-0.25, -0.2) is 0 Å². The van der Waals surface area contributed by atoms with Gasteiger partial charge in [0.25, 0.3) is 5.91 Å². The first-order valence-electron chi connectivity index (χ1n) is 7.65. The van der Waals surface area contributed by atoms with Crippen LogP contribution in [-0.2, 0) is 9.47 Å². The summed E-state index contributed by atoms with van der Waals surface area (Å²) in [5.41, 5.74) is 0.705. The summed E-state index contributed by atoms with van der Waals surface area (Å²) in [5, 5.41) is 0. The van der Waals surface area contributed by atoms with Crippen LogP contribution in [0, 0.1) is 0 Å². The summed E-state index contributed by atoms with van der Waals surface area (Å²) in [6.07, 6.45) is -0.108. The molecule has 6 heteroatoms. The third kappa shape index (κ3) is 3.58. The maximum Gasteiger partial charge on any atom is 0.253 e. The van der Waals surface area contributed by atoms with E-state index in [1.165, 1.54) is 0 Å². The molecule has 1 aromatic rings. The molecule has 0 N–H and O–H groups in total. The minimum Gasteiger partial charge on any atom is -0.497 e. The number of carbonyl (C=O) groups is 1. The third-order valence-corrected chi connectivity index (χ3v) is 4.09. The zero-order valence-electron chi connectivity index (χ0n) is 12.9. The van der Waals surface area contributed by atoms with Crippen LogP contribution in [-0.4, -0.2) is 75.0 Å². The monoisotopic (exact) mass is 306 g/mol. The molecule has 0 bridgehead atoms. The maximum absolute atomic E-state index is 12.5. The van der Waals surface area contributed by atoms with Crippen molar-refractivity contribution in [3.63, 3.8) is 0 Å². The lowest BCUT2D eigenvalue weighted by Crippen LogP contribution is -2.50. The SMILES string of the molecule is COc1ccc(C(=O)N2CCN(CC3OCCO3)CC2)cc1. The molecule has 120 valence electrons. The van der Waals surface area contributed by atoms with Crippen molar-refractivity contribution < 1.29 is 19.0 Å². The average molecular weight is 306 g/mol. The highest BCUT2D eigenvalue weighted by Crippen LogP contribution is 2.15. The van der Waals surface area contributed by atoms with Gasteiger partial charge in [0.15, 0.2) is 6.29 Å². The molecule has 2 aliphatic heterocycles. The highest BCUT2D eigenvalue weighted by atomic mass is 16.7. The van der Waals surface area contributed by atoms with Gasteiger partial charge in [-0.3, -0.25) is 9.69 Å². The highest BCUT2D eigenvalue weighted by Gasteiger charge is 2.25. The fourth-order valence-corrected chi connectivity index (χ4v) is 2.77. The molecule has 0 radical (unpaired) electrons. The highest BCUT2D eigenvalue weighted by molar-refractivity contribution is 5.94. The molecule has 1 aromatic carbocycles. The van der Waals surface area contributed by atoms with Crippen molar-refractivity contribution in [2.45, 2.75) is 6.29 Å². The standard InChI is InChI=1S/C16H22N2O4/c1-20-14-4-2-13(3-5-14)16(19)18-8-6-17(7-9-18)12-15-21-10-11-22-15/h2-5,15H,6-12H2,1H3. The Balaban J connectivity index is 1.50. The van der Waals surface area contributed by atoms with Gasteiger partial charge in [0, 0.05) is 38.3 Å². The molecule has 2 aliphatic rings. The van der Waals surface area contributed by atoms with Gasteiger partial charge in [0.05, 0.1) is 20.3 Å². The molecule has 6 nitrogen and oxygen atoms in total. The second kappa shape index (κ2) is 7.09. The van der Waals surface area contributed by atoms with Crippen LogP contribution in [0.5, 0.6) is 5.75 Å². The first-order valence-corrected chi connectivity index (χ1v) is 7.65. The number of ether oxygens (including phenoxy) is 3. The number of hydrogen-bond donors (Lipinski definition) is 0.